The number of hydrogen-bond acceptors (Lipinski definition) is 5. The Balaban J connectivity index is 1.53. The molecule has 1 aromatic heterocycles. The van der Waals surface area contributed by atoms with Crippen molar-refractivity contribution in [2.24, 2.45) is 5.10 Å². The summed E-state index contributed by atoms with van der Waals surface area (Å²) in [7, 11) is 0. The number of hydrogen-bond donors (Lipinski definition) is 0. The second kappa shape index (κ2) is 13.4. The molecule has 8 heteroatoms. The van der Waals surface area contributed by atoms with Crippen LogP contribution in [0.5, 0.6) is 11.5 Å². The van der Waals surface area contributed by atoms with E-state index >= 15 is 0 Å². The lowest BCUT2D eigenvalue weighted by Gasteiger charge is -2.22. The molecule has 6 nitrogen and oxygen atoms in total. The lowest BCUT2D eigenvalue weighted by atomic mass is 9.88. The van der Waals surface area contributed by atoms with Gasteiger partial charge in [-0.15, -0.1) is 6.58 Å². The number of fused-ring (bicyclic) bond motifs is 1. The Labute approximate surface area is 250 Å². The Hall–Kier alpha value is -3.61. The van der Waals surface area contributed by atoms with Crippen molar-refractivity contribution in [3.63, 3.8) is 0 Å². The Morgan fingerprint density at radius 1 is 1.05 bits per heavy atom. The number of nitrogens with zero attached hydrogens (tertiary/aromatic N) is 3. The van der Waals surface area contributed by atoms with Gasteiger partial charge >= 0.3 is 0 Å². The maximum absolute atomic E-state index is 13.6. The second-order valence-corrected chi connectivity index (χ2v) is 11.0. The predicted octanol–water partition coefficient (Wildman–Crippen LogP) is 8.34. The standard InChI is InChI=1S/C33H33Cl2N3O3/c1-3-10-24-17-22(18-30(40-4-2)31(24)41-21-25-15-16-26(34)19-28(25)35)20-36-38-32(23-11-6-5-7-12-23)37-29-14-9-8-13-27(29)33(38)39/h3,8-9,13-20,23H,1,4-7,10-12,21H2,2H3. The van der Waals surface area contributed by atoms with E-state index in [1.54, 1.807) is 24.4 Å². The van der Waals surface area contributed by atoms with Crippen molar-refractivity contribution in [2.45, 2.75) is 58.0 Å². The van der Waals surface area contributed by atoms with Crippen molar-refractivity contribution in [3.05, 3.63) is 110 Å². The van der Waals surface area contributed by atoms with Crippen LogP contribution in [0.4, 0.5) is 0 Å². The molecule has 3 aromatic carbocycles. The van der Waals surface area contributed by atoms with Gasteiger partial charge in [-0.2, -0.15) is 9.78 Å². The summed E-state index contributed by atoms with van der Waals surface area (Å²) in [6, 6.07) is 16.6. The van der Waals surface area contributed by atoms with Crippen LogP contribution in [0.25, 0.3) is 10.9 Å². The van der Waals surface area contributed by atoms with E-state index in [0.717, 1.165) is 48.2 Å². The van der Waals surface area contributed by atoms with Crippen molar-refractivity contribution < 1.29 is 9.47 Å². The fraction of sp³-hybridized carbons (Fsp3) is 0.303. The molecule has 0 unspecified atom stereocenters. The minimum Gasteiger partial charge on any atom is -0.490 e. The molecule has 0 radical (unpaired) electrons. The highest BCUT2D eigenvalue weighted by Crippen LogP contribution is 2.35. The first-order chi connectivity index (χ1) is 20.0. The number of halogens is 2. The quantitative estimate of drug-likeness (QED) is 0.138. The zero-order valence-electron chi connectivity index (χ0n) is 23.1. The Morgan fingerprint density at radius 2 is 1.85 bits per heavy atom. The molecular formula is C33H33Cl2N3O3. The normalized spacial score (nSPS) is 14.0. The number of ether oxygens (including phenoxy) is 2. The molecule has 0 N–H and O–H groups in total. The predicted molar refractivity (Wildman–Crippen MR) is 167 cm³/mol. The monoisotopic (exact) mass is 589 g/mol. The minimum atomic E-state index is -0.163. The van der Waals surface area contributed by atoms with E-state index in [0.29, 0.717) is 45.5 Å². The van der Waals surface area contributed by atoms with Crippen molar-refractivity contribution in [1.29, 1.82) is 0 Å². The van der Waals surface area contributed by atoms with Gasteiger partial charge in [-0.25, -0.2) is 4.98 Å². The summed E-state index contributed by atoms with van der Waals surface area (Å²) in [6.07, 6.45) is 9.53. The van der Waals surface area contributed by atoms with E-state index in [4.69, 9.17) is 42.8 Å². The summed E-state index contributed by atoms with van der Waals surface area (Å²) in [5, 5.41) is 6.37. The van der Waals surface area contributed by atoms with E-state index in [9.17, 15) is 4.79 Å². The van der Waals surface area contributed by atoms with Gasteiger partial charge in [0, 0.05) is 27.1 Å². The van der Waals surface area contributed by atoms with Gasteiger partial charge in [0.1, 0.15) is 12.4 Å². The van der Waals surface area contributed by atoms with Crippen LogP contribution >= 0.6 is 23.2 Å². The molecule has 0 saturated heterocycles. The number of aromatic nitrogens is 2. The van der Waals surface area contributed by atoms with Crippen molar-refractivity contribution in [3.8, 4) is 11.5 Å². The fourth-order valence-electron chi connectivity index (χ4n) is 5.28. The lowest BCUT2D eigenvalue weighted by Crippen LogP contribution is -2.25. The Bertz CT molecular complexity index is 1640. The van der Waals surface area contributed by atoms with Gasteiger partial charge in [0.25, 0.3) is 5.56 Å². The molecule has 4 aromatic rings. The maximum Gasteiger partial charge on any atom is 0.282 e. The average Bonchev–Trinajstić information content (AvgIpc) is 2.98. The molecule has 0 aliphatic heterocycles. The smallest absolute Gasteiger partial charge is 0.282 e. The number of rotatable bonds is 10. The van der Waals surface area contributed by atoms with Crippen LogP contribution in [0, 0.1) is 0 Å². The molecule has 0 amide bonds. The summed E-state index contributed by atoms with van der Waals surface area (Å²) < 4.78 is 13.7. The molecule has 41 heavy (non-hydrogen) atoms. The molecule has 5 rings (SSSR count). The number of para-hydroxylation sites is 1. The third kappa shape index (κ3) is 6.66. The summed E-state index contributed by atoms with van der Waals surface area (Å²) in [5.74, 6) is 2.11. The van der Waals surface area contributed by atoms with Crippen LogP contribution in [-0.4, -0.2) is 22.5 Å². The Morgan fingerprint density at radius 3 is 2.61 bits per heavy atom. The summed E-state index contributed by atoms with van der Waals surface area (Å²) in [4.78, 5) is 18.5. The van der Waals surface area contributed by atoms with Gasteiger partial charge < -0.3 is 9.47 Å². The molecule has 1 fully saturated rings. The summed E-state index contributed by atoms with van der Waals surface area (Å²) in [5.41, 5.74) is 3.01. The van der Waals surface area contributed by atoms with E-state index < -0.39 is 0 Å². The molecule has 1 saturated carbocycles. The molecule has 0 bridgehead atoms. The molecule has 1 aliphatic rings. The maximum atomic E-state index is 13.6. The van der Waals surface area contributed by atoms with Gasteiger partial charge in [-0.3, -0.25) is 4.79 Å². The van der Waals surface area contributed by atoms with Gasteiger partial charge in [0.05, 0.1) is 23.7 Å². The van der Waals surface area contributed by atoms with Gasteiger partial charge in [0.15, 0.2) is 11.5 Å². The van der Waals surface area contributed by atoms with Gasteiger partial charge in [-0.1, -0.05) is 66.7 Å². The largest absolute Gasteiger partial charge is 0.490 e. The molecule has 1 heterocycles. The lowest BCUT2D eigenvalue weighted by molar-refractivity contribution is 0.267. The van der Waals surface area contributed by atoms with Crippen molar-refractivity contribution in [2.75, 3.05) is 6.61 Å². The van der Waals surface area contributed by atoms with Crippen LogP contribution < -0.4 is 15.0 Å². The average molecular weight is 591 g/mol. The third-order valence-corrected chi connectivity index (χ3v) is 7.86. The minimum absolute atomic E-state index is 0.163. The molecule has 212 valence electrons. The first kappa shape index (κ1) is 28.9. The molecule has 0 atom stereocenters. The van der Waals surface area contributed by atoms with Crippen LogP contribution in [0.3, 0.4) is 0 Å². The zero-order valence-corrected chi connectivity index (χ0v) is 24.6. The highest BCUT2D eigenvalue weighted by atomic mass is 35.5. The summed E-state index contributed by atoms with van der Waals surface area (Å²) >= 11 is 12.4. The highest BCUT2D eigenvalue weighted by molar-refractivity contribution is 6.35. The SMILES string of the molecule is C=CCc1cc(C=Nn2c(C3CCCCC3)nc3ccccc3c2=O)cc(OCC)c1OCc1ccc(Cl)cc1Cl. The van der Waals surface area contributed by atoms with E-state index in [2.05, 4.69) is 6.58 Å². The zero-order chi connectivity index (χ0) is 28.8. The van der Waals surface area contributed by atoms with Crippen molar-refractivity contribution >= 4 is 40.3 Å². The number of benzene rings is 3. The van der Waals surface area contributed by atoms with Gasteiger partial charge in [-0.05, 0) is 68.1 Å². The van der Waals surface area contributed by atoms with Crippen LogP contribution in [0.15, 0.2) is 77.1 Å². The highest BCUT2D eigenvalue weighted by Gasteiger charge is 2.22. The third-order valence-electron chi connectivity index (χ3n) is 7.28. The van der Waals surface area contributed by atoms with E-state index in [1.807, 2.05) is 49.4 Å². The molecular weight excluding hydrogens is 557 g/mol. The molecule has 0 spiro atoms. The van der Waals surface area contributed by atoms with Crippen LogP contribution in [0.1, 0.15) is 67.5 Å². The van der Waals surface area contributed by atoms with E-state index in [1.165, 1.54) is 11.1 Å². The first-order valence-corrected chi connectivity index (χ1v) is 14.8. The van der Waals surface area contributed by atoms with Gasteiger partial charge in [0.2, 0.25) is 0 Å². The molecule has 1 aliphatic carbocycles. The van der Waals surface area contributed by atoms with Crippen LogP contribution in [-0.2, 0) is 13.0 Å². The Kier molecular flexibility index (Phi) is 9.42. The van der Waals surface area contributed by atoms with Crippen molar-refractivity contribution in [1.82, 2.24) is 9.66 Å². The fourth-order valence-corrected chi connectivity index (χ4v) is 5.75. The van der Waals surface area contributed by atoms with E-state index in [-0.39, 0.29) is 18.1 Å². The van der Waals surface area contributed by atoms with Crippen LogP contribution in [0.2, 0.25) is 10.0 Å². The summed E-state index contributed by atoms with van der Waals surface area (Å²) in [6.45, 7) is 6.54. The number of allylic oxidation sites excluding steroid dienone is 1. The topological polar surface area (TPSA) is 65.7 Å². The second-order valence-electron chi connectivity index (χ2n) is 10.1. The first-order valence-electron chi connectivity index (χ1n) is 14.0.